The van der Waals surface area contributed by atoms with Crippen LogP contribution in [0.2, 0.25) is 0 Å². The van der Waals surface area contributed by atoms with E-state index in [0.29, 0.717) is 19.0 Å². The quantitative estimate of drug-likeness (QED) is 0.856. The largest absolute Gasteiger partial charge is 0.355 e. The molecule has 3 heterocycles. The van der Waals surface area contributed by atoms with Crippen molar-refractivity contribution in [2.45, 2.75) is 40.2 Å². The van der Waals surface area contributed by atoms with Gasteiger partial charge >= 0.3 is 0 Å². The molecule has 2 atom stereocenters. The van der Waals surface area contributed by atoms with Crippen LogP contribution in [0.25, 0.3) is 0 Å². The molecule has 0 aromatic carbocycles. The zero-order valence-corrected chi connectivity index (χ0v) is 15.9. The standard InChI is InChI=1S/C19H28N6O/c1-14(12-25-16(3)9-15(2)23-25)10-22-19(26)17-5-4-8-24(13-17)18-11-20-6-7-21-18/h6-7,9,11,14,17H,4-5,8,10,12-13H2,1-3H3,(H,22,26)/t14-,17+/m1/s1. The number of aryl methyl sites for hydroxylation is 2. The molecule has 1 amide bonds. The number of piperidine rings is 1. The van der Waals surface area contributed by atoms with Gasteiger partial charge in [-0.1, -0.05) is 6.92 Å². The summed E-state index contributed by atoms with van der Waals surface area (Å²) in [5, 5.41) is 7.62. The normalized spacial score (nSPS) is 18.6. The van der Waals surface area contributed by atoms with E-state index in [2.05, 4.69) is 45.2 Å². The molecule has 1 saturated heterocycles. The summed E-state index contributed by atoms with van der Waals surface area (Å²) in [4.78, 5) is 23.2. The summed E-state index contributed by atoms with van der Waals surface area (Å²) in [5.74, 6) is 1.32. The van der Waals surface area contributed by atoms with E-state index in [1.807, 2.05) is 11.6 Å². The van der Waals surface area contributed by atoms with Gasteiger partial charge in [-0.05, 0) is 38.7 Å². The Morgan fingerprint density at radius 3 is 2.92 bits per heavy atom. The lowest BCUT2D eigenvalue weighted by atomic mass is 9.97. The van der Waals surface area contributed by atoms with Crippen LogP contribution in [0.3, 0.4) is 0 Å². The van der Waals surface area contributed by atoms with Crippen LogP contribution in [-0.2, 0) is 11.3 Å². The molecular formula is C19H28N6O. The molecule has 0 bridgehead atoms. The number of hydrogen-bond donors (Lipinski definition) is 1. The molecule has 2 aromatic heterocycles. The Balaban J connectivity index is 1.49. The van der Waals surface area contributed by atoms with E-state index in [4.69, 9.17) is 0 Å². The molecule has 140 valence electrons. The number of amides is 1. The van der Waals surface area contributed by atoms with E-state index in [0.717, 1.165) is 43.1 Å². The van der Waals surface area contributed by atoms with Crippen molar-refractivity contribution in [1.29, 1.82) is 0 Å². The number of rotatable bonds is 6. The summed E-state index contributed by atoms with van der Waals surface area (Å²) in [5.41, 5.74) is 2.19. The molecule has 1 N–H and O–H groups in total. The molecule has 3 rings (SSSR count). The number of nitrogens with zero attached hydrogens (tertiary/aromatic N) is 5. The molecule has 0 radical (unpaired) electrons. The minimum absolute atomic E-state index is 0.00615. The summed E-state index contributed by atoms with van der Waals surface area (Å²) in [6.45, 7) is 9.32. The molecule has 26 heavy (non-hydrogen) atoms. The minimum atomic E-state index is 0.00615. The predicted molar refractivity (Wildman–Crippen MR) is 101 cm³/mol. The van der Waals surface area contributed by atoms with Crippen LogP contribution in [0.4, 0.5) is 5.82 Å². The molecular weight excluding hydrogens is 328 g/mol. The Bertz CT molecular complexity index is 729. The Morgan fingerprint density at radius 2 is 2.23 bits per heavy atom. The number of anilines is 1. The summed E-state index contributed by atoms with van der Waals surface area (Å²) < 4.78 is 2.02. The third-order valence-electron chi connectivity index (χ3n) is 4.88. The van der Waals surface area contributed by atoms with Crippen LogP contribution in [-0.4, -0.2) is 45.3 Å². The third-order valence-corrected chi connectivity index (χ3v) is 4.88. The second kappa shape index (κ2) is 8.29. The van der Waals surface area contributed by atoms with Gasteiger partial charge in [0.1, 0.15) is 5.82 Å². The number of nitrogens with one attached hydrogen (secondary N) is 1. The molecule has 0 saturated carbocycles. The first-order chi connectivity index (χ1) is 12.5. The van der Waals surface area contributed by atoms with Crippen molar-refractivity contribution in [2.75, 3.05) is 24.5 Å². The molecule has 7 nitrogen and oxygen atoms in total. The second-order valence-corrected chi connectivity index (χ2v) is 7.31. The van der Waals surface area contributed by atoms with Gasteiger partial charge in [0.15, 0.2) is 0 Å². The zero-order chi connectivity index (χ0) is 18.5. The fraction of sp³-hybridized carbons (Fsp3) is 0.579. The molecule has 0 unspecified atom stereocenters. The van der Waals surface area contributed by atoms with Crippen molar-refractivity contribution in [3.8, 4) is 0 Å². The Hall–Kier alpha value is -2.44. The molecule has 1 aliphatic heterocycles. The number of hydrogen-bond acceptors (Lipinski definition) is 5. The number of aromatic nitrogens is 4. The number of carbonyl (C=O) groups is 1. The summed E-state index contributed by atoms with van der Waals surface area (Å²) >= 11 is 0. The van der Waals surface area contributed by atoms with Gasteiger partial charge < -0.3 is 10.2 Å². The topological polar surface area (TPSA) is 75.9 Å². The molecule has 2 aromatic rings. The fourth-order valence-corrected chi connectivity index (χ4v) is 3.49. The van der Waals surface area contributed by atoms with E-state index in [9.17, 15) is 4.79 Å². The van der Waals surface area contributed by atoms with E-state index >= 15 is 0 Å². The highest BCUT2D eigenvalue weighted by atomic mass is 16.1. The van der Waals surface area contributed by atoms with Crippen LogP contribution >= 0.6 is 0 Å². The smallest absolute Gasteiger partial charge is 0.224 e. The maximum Gasteiger partial charge on any atom is 0.224 e. The highest BCUT2D eigenvalue weighted by molar-refractivity contribution is 5.79. The van der Waals surface area contributed by atoms with Crippen molar-refractivity contribution in [2.24, 2.45) is 11.8 Å². The van der Waals surface area contributed by atoms with E-state index in [1.165, 1.54) is 0 Å². The maximum atomic E-state index is 12.6. The van der Waals surface area contributed by atoms with Crippen molar-refractivity contribution in [3.05, 3.63) is 36.0 Å². The highest BCUT2D eigenvalue weighted by Crippen LogP contribution is 2.21. The average Bonchev–Trinajstić information content (AvgIpc) is 2.97. The van der Waals surface area contributed by atoms with Crippen LogP contribution in [0.5, 0.6) is 0 Å². The van der Waals surface area contributed by atoms with Crippen molar-refractivity contribution >= 4 is 11.7 Å². The van der Waals surface area contributed by atoms with Gasteiger partial charge in [-0.3, -0.25) is 14.5 Å². The SMILES string of the molecule is Cc1cc(C)n(C[C@H](C)CNC(=O)[C@H]2CCCN(c3cnccn3)C2)n1. The van der Waals surface area contributed by atoms with Crippen molar-refractivity contribution < 1.29 is 4.79 Å². The van der Waals surface area contributed by atoms with Gasteiger partial charge in [0.2, 0.25) is 5.91 Å². The van der Waals surface area contributed by atoms with Crippen LogP contribution in [0.15, 0.2) is 24.7 Å². The average molecular weight is 356 g/mol. The summed E-state index contributed by atoms with van der Waals surface area (Å²) in [7, 11) is 0. The summed E-state index contributed by atoms with van der Waals surface area (Å²) in [6, 6.07) is 2.08. The Labute approximate surface area is 154 Å². The van der Waals surface area contributed by atoms with Crippen LogP contribution in [0, 0.1) is 25.7 Å². The molecule has 1 aliphatic rings. The molecule has 0 aliphatic carbocycles. The van der Waals surface area contributed by atoms with E-state index in [-0.39, 0.29) is 11.8 Å². The molecule has 7 heteroatoms. The van der Waals surface area contributed by atoms with Crippen molar-refractivity contribution in [1.82, 2.24) is 25.1 Å². The Kier molecular flexibility index (Phi) is 5.85. The van der Waals surface area contributed by atoms with Crippen molar-refractivity contribution in [3.63, 3.8) is 0 Å². The molecule has 0 spiro atoms. The first-order valence-electron chi connectivity index (χ1n) is 9.32. The predicted octanol–water partition coefficient (Wildman–Crippen LogP) is 1.96. The lowest BCUT2D eigenvalue weighted by molar-refractivity contribution is -0.125. The highest BCUT2D eigenvalue weighted by Gasteiger charge is 2.26. The summed E-state index contributed by atoms with van der Waals surface area (Å²) in [6.07, 6.45) is 7.04. The monoisotopic (exact) mass is 356 g/mol. The van der Waals surface area contributed by atoms with Crippen LogP contribution in [0.1, 0.15) is 31.2 Å². The second-order valence-electron chi connectivity index (χ2n) is 7.31. The van der Waals surface area contributed by atoms with E-state index in [1.54, 1.807) is 18.6 Å². The zero-order valence-electron chi connectivity index (χ0n) is 15.9. The first-order valence-corrected chi connectivity index (χ1v) is 9.32. The first kappa shape index (κ1) is 18.4. The van der Waals surface area contributed by atoms with Gasteiger partial charge in [-0.15, -0.1) is 0 Å². The maximum absolute atomic E-state index is 12.6. The van der Waals surface area contributed by atoms with Gasteiger partial charge in [0.05, 0.1) is 17.8 Å². The minimum Gasteiger partial charge on any atom is -0.355 e. The molecule has 1 fully saturated rings. The number of carbonyl (C=O) groups excluding carboxylic acids is 1. The Morgan fingerprint density at radius 1 is 1.38 bits per heavy atom. The third kappa shape index (κ3) is 4.59. The lowest BCUT2D eigenvalue weighted by Gasteiger charge is -2.32. The van der Waals surface area contributed by atoms with Gasteiger partial charge in [0, 0.05) is 44.3 Å². The fourth-order valence-electron chi connectivity index (χ4n) is 3.49. The van der Waals surface area contributed by atoms with Gasteiger partial charge in [-0.2, -0.15) is 5.10 Å². The lowest BCUT2D eigenvalue weighted by Crippen LogP contribution is -2.44. The van der Waals surface area contributed by atoms with E-state index < -0.39 is 0 Å². The van der Waals surface area contributed by atoms with Gasteiger partial charge in [0.25, 0.3) is 0 Å². The van der Waals surface area contributed by atoms with Crippen LogP contribution < -0.4 is 10.2 Å². The van der Waals surface area contributed by atoms with Gasteiger partial charge in [-0.25, -0.2) is 4.98 Å².